The third-order valence-electron chi connectivity index (χ3n) is 4.94. The van der Waals surface area contributed by atoms with E-state index < -0.39 is 11.9 Å². The lowest BCUT2D eigenvalue weighted by Crippen LogP contribution is -2.36. The zero-order valence-corrected chi connectivity index (χ0v) is 14.7. The summed E-state index contributed by atoms with van der Waals surface area (Å²) in [7, 11) is 3.46. The zero-order valence-electron chi connectivity index (χ0n) is 14.7. The Morgan fingerprint density at radius 2 is 2.15 bits per heavy atom. The number of carboxylic acid groups (broad SMARTS) is 1. The number of carboxylic acids is 1. The van der Waals surface area contributed by atoms with Crippen molar-refractivity contribution in [2.75, 3.05) is 13.7 Å². The van der Waals surface area contributed by atoms with Crippen molar-refractivity contribution in [3.63, 3.8) is 0 Å². The van der Waals surface area contributed by atoms with Crippen LogP contribution in [0.25, 0.3) is 11.0 Å². The fourth-order valence-corrected chi connectivity index (χ4v) is 3.59. The Morgan fingerprint density at radius 3 is 2.92 bits per heavy atom. The highest BCUT2D eigenvalue weighted by molar-refractivity contribution is 5.78. The van der Waals surface area contributed by atoms with Crippen LogP contribution in [0.15, 0.2) is 36.4 Å². The second-order valence-corrected chi connectivity index (χ2v) is 6.66. The summed E-state index contributed by atoms with van der Waals surface area (Å²) in [6, 6.07) is 11.7. The van der Waals surface area contributed by atoms with Crippen molar-refractivity contribution in [1.29, 1.82) is 0 Å². The van der Waals surface area contributed by atoms with Crippen LogP contribution in [0, 0.1) is 0 Å². The number of nitrogens with zero attached hydrogens (tertiary/aromatic N) is 4. The number of ether oxygens (including phenoxy) is 1. The standard InChI is InChI=1S/C19H20N4O3/c1-22-18-7-12(3-6-17(18)20-21-22)9-23-10-13-4-5-14(26-2)8-15(13)16(11-23)19(24)25/h3-8,16H,9-11H2,1-2H3,(H,24,25). The predicted octanol–water partition coefficient (Wildman–Crippen LogP) is 2.16. The molecule has 3 aromatic rings. The van der Waals surface area contributed by atoms with Gasteiger partial charge in [0.15, 0.2) is 0 Å². The molecule has 0 saturated heterocycles. The fraction of sp³-hybridized carbons (Fsp3) is 0.316. The number of hydrogen-bond donors (Lipinski definition) is 1. The van der Waals surface area contributed by atoms with Crippen LogP contribution in [-0.2, 0) is 24.9 Å². The molecule has 7 heteroatoms. The van der Waals surface area contributed by atoms with E-state index >= 15 is 0 Å². The van der Waals surface area contributed by atoms with Gasteiger partial charge in [-0.05, 0) is 41.0 Å². The van der Waals surface area contributed by atoms with E-state index in [0.717, 1.165) is 27.7 Å². The highest BCUT2D eigenvalue weighted by Gasteiger charge is 2.30. The Labute approximate surface area is 150 Å². The summed E-state index contributed by atoms with van der Waals surface area (Å²) in [6.45, 7) is 1.86. The molecule has 0 bridgehead atoms. The lowest BCUT2D eigenvalue weighted by atomic mass is 9.89. The third-order valence-corrected chi connectivity index (χ3v) is 4.94. The molecule has 1 N–H and O–H groups in total. The van der Waals surface area contributed by atoms with Crippen LogP contribution in [0.1, 0.15) is 22.6 Å². The van der Waals surface area contributed by atoms with Gasteiger partial charge in [0.1, 0.15) is 11.3 Å². The van der Waals surface area contributed by atoms with Gasteiger partial charge in [-0.2, -0.15) is 0 Å². The largest absolute Gasteiger partial charge is 0.497 e. The quantitative estimate of drug-likeness (QED) is 0.775. The van der Waals surface area contributed by atoms with Crippen molar-refractivity contribution in [2.45, 2.75) is 19.0 Å². The molecule has 0 radical (unpaired) electrons. The summed E-state index contributed by atoms with van der Waals surface area (Å²) in [6.07, 6.45) is 0. The lowest BCUT2D eigenvalue weighted by Gasteiger charge is -2.33. The molecule has 0 aliphatic carbocycles. The number of aromatic nitrogens is 3. The van der Waals surface area contributed by atoms with Crippen molar-refractivity contribution >= 4 is 17.0 Å². The van der Waals surface area contributed by atoms with E-state index in [1.54, 1.807) is 11.8 Å². The summed E-state index contributed by atoms with van der Waals surface area (Å²) >= 11 is 0. The van der Waals surface area contributed by atoms with Gasteiger partial charge in [0.25, 0.3) is 0 Å². The number of aryl methyl sites for hydroxylation is 1. The molecule has 0 saturated carbocycles. The van der Waals surface area contributed by atoms with Crippen LogP contribution in [0.5, 0.6) is 5.75 Å². The monoisotopic (exact) mass is 352 g/mol. The maximum Gasteiger partial charge on any atom is 0.312 e. The molecule has 26 heavy (non-hydrogen) atoms. The number of aliphatic carboxylic acids is 1. The van der Waals surface area contributed by atoms with Gasteiger partial charge in [0.05, 0.1) is 18.5 Å². The molecule has 1 aliphatic rings. The van der Waals surface area contributed by atoms with Crippen molar-refractivity contribution in [2.24, 2.45) is 7.05 Å². The zero-order chi connectivity index (χ0) is 18.3. The Balaban J connectivity index is 1.62. The smallest absolute Gasteiger partial charge is 0.312 e. The van der Waals surface area contributed by atoms with Crippen LogP contribution in [0.3, 0.4) is 0 Å². The SMILES string of the molecule is COc1ccc2c(c1)C(C(=O)O)CN(Cc1ccc3nnn(C)c3c1)C2. The maximum absolute atomic E-state index is 11.8. The molecule has 1 unspecified atom stereocenters. The summed E-state index contributed by atoms with van der Waals surface area (Å²) in [5.41, 5.74) is 4.83. The van der Waals surface area contributed by atoms with Gasteiger partial charge >= 0.3 is 5.97 Å². The van der Waals surface area contributed by atoms with Crippen molar-refractivity contribution in [1.82, 2.24) is 19.9 Å². The van der Waals surface area contributed by atoms with Crippen molar-refractivity contribution in [3.05, 3.63) is 53.1 Å². The average molecular weight is 352 g/mol. The minimum absolute atomic E-state index is 0.469. The first-order valence-electron chi connectivity index (χ1n) is 8.45. The topological polar surface area (TPSA) is 80.5 Å². The molecule has 134 valence electrons. The van der Waals surface area contributed by atoms with E-state index in [2.05, 4.69) is 21.3 Å². The average Bonchev–Trinajstić information content (AvgIpc) is 3.01. The number of fused-ring (bicyclic) bond motifs is 2. The number of benzene rings is 2. The van der Waals surface area contributed by atoms with Gasteiger partial charge in [0.2, 0.25) is 0 Å². The van der Waals surface area contributed by atoms with Crippen LogP contribution in [0.4, 0.5) is 0 Å². The fourth-order valence-electron chi connectivity index (χ4n) is 3.59. The van der Waals surface area contributed by atoms with E-state index in [4.69, 9.17) is 4.74 Å². The Hall–Kier alpha value is -2.93. The molecule has 2 heterocycles. The van der Waals surface area contributed by atoms with Crippen molar-refractivity contribution in [3.8, 4) is 5.75 Å². The van der Waals surface area contributed by atoms with E-state index in [0.29, 0.717) is 25.4 Å². The second kappa shape index (κ2) is 6.42. The predicted molar refractivity (Wildman–Crippen MR) is 96.0 cm³/mol. The summed E-state index contributed by atoms with van der Waals surface area (Å²) in [4.78, 5) is 14.0. The van der Waals surface area contributed by atoms with E-state index in [9.17, 15) is 9.90 Å². The molecule has 1 aliphatic heterocycles. The highest BCUT2D eigenvalue weighted by Crippen LogP contribution is 2.32. The molecule has 0 spiro atoms. The van der Waals surface area contributed by atoms with E-state index in [-0.39, 0.29) is 0 Å². The molecule has 0 fully saturated rings. The Kier molecular flexibility index (Phi) is 4.08. The van der Waals surface area contributed by atoms with E-state index in [1.165, 1.54) is 0 Å². The molecular weight excluding hydrogens is 332 g/mol. The Morgan fingerprint density at radius 1 is 1.31 bits per heavy atom. The normalized spacial score (nSPS) is 17.2. The maximum atomic E-state index is 11.8. The van der Waals surface area contributed by atoms with Gasteiger partial charge in [-0.15, -0.1) is 5.10 Å². The minimum atomic E-state index is -0.810. The number of rotatable bonds is 4. The molecule has 4 rings (SSSR count). The van der Waals surface area contributed by atoms with Crippen LogP contribution >= 0.6 is 0 Å². The van der Waals surface area contributed by atoms with Gasteiger partial charge < -0.3 is 9.84 Å². The highest BCUT2D eigenvalue weighted by atomic mass is 16.5. The summed E-state index contributed by atoms with van der Waals surface area (Å²) < 4.78 is 7.00. The van der Waals surface area contributed by atoms with Crippen LogP contribution in [-0.4, -0.2) is 44.6 Å². The number of hydrogen-bond acceptors (Lipinski definition) is 5. The van der Waals surface area contributed by atoms with Crippen LogP contribution in [0.2, 0.25) is 0 Å². The first-order valence-corrected chi connectivity index (χ1v) is 8.45. The van der Waals surface area contributed by atoms with Crippen molar-refractivity contribution < 1.29 is 14.6 Å². The molecule has 7 nitrogen and oxygen atoms in total. The third kappa shape index (κ3) is 2.90. The first kappa shape index (κ1) is 16.5. The minimum Gasteiger partial charge on any atom is -0.497 e. The second-order valence-electron chi connectivity index (χ2n) is 6.66. The Bertz CT molecular complexity index is 982. The molecule has 1 aromatic heterocycles. The molecular formula is C19H20N4O3. The molecule has 0 amide bonds. The summed E-state index contributed by atoms with van der Waals surface area (Å²) in [5.74, 6) is -0.677. The lowest BCUT2D eigenvalue weighted by molar-refractivity contribution is -0.139. The van der Waals surface area contributed by atoms with Gasteiger partial charge in [-0.25, -0.2) is 4.68 Å². The van der Waals surface area contributed by atoms with Crippen LogP contribution < -0.4 is 4.74 Å². The molecule has 1 atom stereocenters. The van der Waals surface area contributed by atoms with Gasteiger partial charge in [0, 0.05) is 26.7 Å². The number of methoxy groups -OCH3 is 1. The summed E-state index contributed by atoms with van der Waals surface area (Å²) in [5, 5.41) is 17.8. The van der Waals surface area contributed by atoms with Gasteiger partial charge in [-0.1, -0.05) is 17.3 Å². The molecule has 2 aromatic carbocycles. The van der Waals surface area contributed by atoms with E-state index in [1.807, 2.05) is 37.4 Å². The number of carbonyl (C=O) groups is 1. The van der Waals surface area contributed by atoms with Gasteiger partial charge in [-0.3, -0.25) is 9.69 Å². The first-order chi connectivity index (χ1) is 12.5.